The summed E-state index contributed by atoms with van der Waals surface area (Å²) in [5, 5.41) is 5.61. The lowest BCUT2D eigenvalue weighted by molar-refractivity contribution is -0.122. The van der Waals surface area contributed by atoms with Crippen molar-refractivity contribution in [3.63, 3.8) is 0 Å². The van der Waals surface area contributed by atoms with Gasteiger partial charge in [0.15, 0.2) is 6.10 Å². The molecule has 0 radical (unpaired) electrons. The van der Waals surface area contributed by atoms with Gasteiger partial charge in [-0.05, 0) is 45.0 Å². The van der Waals surface area contributed by atoms with Gasteiger partial charge in [0.05, 0.1) is 11.3 Å². The van der Waals surface area contributed by atoms with Crippen molar-refractivity contribution in [2.45, 2.75) is 26.9 Å². The number of ether oxygens (including phenoxy) is 1. The van der Waals surface area contributed by atoms with Crippen LogP contribution in [-0.4, -0.2) is 17.9 Å². The van der Waals surface area contributed by atoms with Gasteiger partial charge in [0.25, 0.3) is 11.8 Å². The number of amides is 2. The molecule has 1 aliphatic rings. The summed E-state index contributed by atoms with van der Waals surface area (Å²) in [6.45, 7) is 5.59. The molecule has 0 saturated heterocycles. The lowest BCUT2D eigenvalue weighted by atomic mass is 10.2. The number of hydrogen-bond acceptors (Lipinski definition) is 4. The minimum absolute atomic E-state index is 0.154. The third-order valence-corrected chi connectivity index (χ3v) is 4.42. The lowest BCUT2D eigenvalue weighted by Crippen LogP contribution is -2.34. The monoisotopic (exact) mass is 316 g/mol. The fraction of sp³-hybridized carbons (Fsp3) is 0.250. The molecular formula is C16H16N2O3S. The highest BCUT2D eigenvalue weighted by atomic mass is 32.1. The van der Waals surface area contributed by atoms with Crippen LogP contribution in [0.5, 0.6) is 5.75 Å². The quantitative estimate of drug-likeness (QED) is 0.893. The van der Waals surface area contributed by atoms with Crippen molar-refractivity contribution in [2.75, 3.05) is 10.6 Å². The Morgan fingerprint density at radius 3 is 2.77 bits per heavy atom. The molecule has 2 aromatic rings. The van der Waals surface area contributed by atoms with Crippen LogP contribution in [0.15, 0.2) is 24.3 Å². The van der Waals surface area contributed by atoms with Gasteiger partial charge in [-0.3, -0.25) is 9.59 Å². The van der Waals surface area contributed by atoms with Crippen LogP contribution >= 0.6 is 11.3 Å². The van der Waals surface area contributed by atoms with Gasteiger partial charge in [-0.2, -0.15) is 0 Å². The maximum Gasteiger partial charge on any atom is 0.265 e. The molecule has 0 unspecified atom stereocenters. The Morgan fingerprint density at radius 2 is 2.09 bits per heavy atom. The summed E-state index contributed by atoms with van der Waals surface area (Å²) in [5.74, 6) is 0.256. The Labute approximate surface area is 132 Å². The van der Waals surface area contributed by atoms with Gasteiger partial charge in [0, 0.05) is 15.4 Å². The summed E-state index contributed by atoms with van der Waals surface area (Å²) >= 11 is 1.59. The second kappa shape index (κ2) is 5.46. The Morgan fingerprint density at radius 1 is 1.32 bits per heavy atom. The van der Waals surface area contributed by atoms with E-state index in [1.807, 2.05) is 19.9 Å². The Balaban J connectivity index is 1.82. The molecule has 6 heteroatoms. The van der Waals surface area contributed by atoms with Gasteiger partial charge in [0.2, 0.25) is 0 Å². The normalized spacial score (nSPS) is 16.5. The van der Waals surface area contributed by atoms with Crippen LogP contribution < -0.4 is 15.4 Å². The van der Waals surface area contributed by atoms with Crippen LogP contribution in [-0.2, 0) is 4.79 Å². The number of thiophene rings is 1. The van der Waals surface area contributed by atoms with Crippen LogP contribution in [0.1, 0.15) is 27.0 Å². The lowest BCUT2D eigenvalue weighted by Gasteiger charge is -2.23. The average molecular weight is 316 g/mol. The van der Waals surface area contributed by atoms with Crippen molar-refractivity contribution in [3.8, 4) is 5.75 Å². The van der Waals surface area contributed by atoms with Crippen molar-refractivity contribution in [1.29, 1.82) is 0 Å². The second-order valence-electron chi connectivity index (χ2n) is 5.24. The summed E-state index contributed by atoms with van der Waals surface area (Å²) in [5.41, 5.74) is 1.86. The van der Waals surface area contributed by atoms with Gasteiger partial charge in [-0.15, -0.1) is 11.3 Å². The fourth-order valence-electron chi connectivity index (χ4n) is 2.34. The van der Waals surface area contributed by atoms with Crippen LogP contribution in [0.4, 0.5) is 11.4 Å². The Kier molecular flexibility index (Phi) is 3.62. The molecule has 114 valence electrons. The molecule has 5 nitrogen and oxygen atoms in total. The first-order chi connectivity index (χ1) is 10.4. The largest absolute Gasteiger partial charge is 0.479 e. The van der Waals surface area contributed by atoms with Crippen molar-refractivity contribution in [3.05, 3.63) is 39.6 Å². The molecule has 1 aromatic heterocycles. The van der Waals surface area contributed by atoms with Crippen LogP contribution in [0.3, 0.4) is 0 Å². The molecule has 2 N–H and O–H groups in total. The first kappa shape index (κ1) is 14.6. The van der Waals surface area contributed by atoms with E-state index in [4.69, 9.17) is 4.74 Å². The summed E-state index contributed by atoms with van der Waals surface area (Å²) in [7, 11) is 0. The predicted octanol–water partition coefficient (Wildman–Crippen LogP) is 3.34. The summed E-state index contributed by atoms with van der Waals surface area (Å²) in [6, 6.07) is 7.08. The topological polar surface area (TPSA) is 67.4 Å². The molecule has 3 rings (SSSR count). The SMILES string of the molecule is Cc1cc(C(=O)Nc2ccc3c(c2)NC(=O)[C@H](C)O3)c(C)s1. The van der Waals surface area contributed by atoms with Crippen LogP contribution in [0.2, 0.25) is 0 Å². The van der Waals surface area contributed by atoms with Gasteiger partial charge in [-0.25, -0.2) is 0 Å². The molecular weight excluding hydrogens is 300 g/mol. The summed E-state index contributed by atoms with van der Waals surface area (Å²) in [4.78, 5) is 26.0. The molecule has 0 spiro atoms. The Hall–Kier alpha value is -2.34. The number of fused-ring (bicyclic) bond motifs is 1. The van der Waals surface area contributed by atoms with Crippen molar-refractivity contribution < 1.29 is 14.3 Å². The van der Waals surface area contributed by atoms with Crippen molar-refractivity contribution in [2.24, 2.45) is 0 Å². The zero-order valence-electron chi connectivity index (χ0n) is 12.5. The van der Waals surface area contributed by atoms with E-state index in [-0.39, 0.29) is 11.8 Å². The fourth-order valence-corrected chi connectivity index (χ4v) is 3.26. The smallest absolute Gasteiger partial charge is 0.265 e. The maximum atomic E-state index is 12.3. The number of aryl methyl sites for hydroxylation is 2. The predicted molar refractivity (Wildman–Crippen MR) is 86.9 cm³/mol. The second-order valence-corrected chi connectivity index (χ2v) is 6.70. The van der Waals surface area contributed by atoms with Crippen molar-refractivity contribution in [1.82, 2.24) is 0 Å². The van der Waals surface area contributed by atoms with E-state index in [1.54, 1.807) is 36.5 Å². The molecule has 0 bridgehead atoms. The minimum atomic E-state index is -0.510. The molecule has 1 aliphatic heterocycles. The van der Waals surface area contributed by atoms with E-state index < -0.39 is 6.10 Å². The number of carbonyl (C=O) groups excluding carboxylic acids is 2. The van der Waals surface area contributed by atoms with Gasteiger partial charge in [-0.1, -0.05) is 0 Å². The van der Waals surface area contributed by atoms with E-state index in [0.29, 0.717) is 22.7 Å². The summed E-state index contributed by atoms with van der Waals surface area (Å²) < 4.78 is 5.49. The number of carbonyl (C=O) groups is 2. The first-order valence-corrected chi connectivity index (χ1v) is 7.75. The van der Waals surface area contributed by atoms with E-state index in [0.717, 1.165) is 9.75 Å². The molecule has 0 aliphatic carbocycles. The number of nitrogens with one attached hydrogen (secondary N) is 2. The molecule has 0 saturated carbocycles. The van der Waals surface area contributed by atoms with Crippen LogP contribution in [0.25, 0.3) is 0 Å². The summed E-state index contributed by atoms with van der Waals surface area (Å²) in [6.07, 6.45) is -0.510. The van der Waals surface area contributed by atoms with Gasteiger partial charge < -0.3 is 15.4 Å². The molecule has 1 aromatic carbocycles. The third kappa shape index (κ3) is 2.69. The molecule has 1 atom stereocenters. The zero-order valence-corrected chi connectivity index (χ0v) is 13.3. The molecule has 2 amide bonds. The highest BCUT2D eigenvalue weighted by Gasteiger charge is 2.23. The maximum absolute atomic E-state index is 12.3. The Bertz CT molecular complexity index is 767. The first-order valence-electron chi connectivity index (χ1n) is 6.94. The number of rotatable bonds is 2. The average Bonchev–Trinajstić information content (AvgIpc) is 2.79. The van der Waals surface area contributed by atoms with Crippen molar-refractivity contribution >= 4 is 34.5 Å². The molecule has 22 heavy (non-hydrogen) atoms. The van der Waals surface area contributed by atoms with Gasteiger partial charge >= 0.3 is 0 Å². The van der Waals surface area contributed by atoms with Crippen LogP contribution in [0, 0.1) is 13.8 Å². The van der Waals surface area contributed by atoms with E-state index in [2.05, 4.69) is 10.6 Å². The third-order valence-electron chi connectivity index (χ3n) is 3.45. The molecule has 2 heterocycles. The van der Waals surface area contributed by atoms with E-state index in [9.17, 15) is 9.59 Å². The number of hydrogen-bond donors (Lipinski definition) is 2. The number of anilines is 2. The highest BCUT2D eigenvalue weighted by molar-refractivity contribution is 7.12. The van der Waals surface area contributed by atoms with Gasteiger partial charge in [0.1, 0.15) is 5.75 Å². The zero-order chi connectivity index (χ0) is 15.9. The van der Waals surface area contributed by atoms with E-state index >= 15 is 0 Å². The minimum Gasteiger partial charge on any atom is -0.479 e. The molecule has 0 fully saturated rings. The standard InChI is InChI=1S/C16H16N2O3S/c1-8-6-12(10(3)22-8)16(20)17-11-4-5-14-13(7-11)18-15(19)9(2)21-14/h4-7,9H,1-3H3,(H,17,20)(H,18,19)/t9-/m0/s1. The number of benzene rings is 1. The van der Waals surface area contributed by atoms with E-state index in [1.165, 1.54) is 0 Å². The highest BCUT2D eigenvalue weighted by Crippen LogP contribution is 2.32.